The van der Waals surface area contributed by atoms with Gasteiger partial charge in [0.1, 0.15) is 7.05 Å². The van der Waals surface area contributed by atoms with Crippen LogP contribution in [0.15, 0.2) is 66.9 Å². The molecule has 0 unspecified atom stereocenters. The molecule has 2 heteroatoms. The first-order chi connectivity index (χ1) is 11.2. The summed E-state index contributed by atoms with van der Waals surface area (Å²) in [4.78, 5) is 0. The molecule has 0 amide bonds. The highest BCUT2D eigenvalue weighted by atomic mass is 16.2. The molecule has 1 aromatic heterocycles. The summed E-state index contributed by atoms with van der Waals surface area (Å²) in [6.45, 7) is 2.27. The van der Waals surface area contributed by atoms with E-state index in [1.54, 1.807) is 0 Å². The number of benzene rings is 2. The lowest BCUT2D eigenvalue weighted by atomic mass is 9.98. The first kappa shape index (κ1) is 15.4. The van der Waals surface area contributed by atoms with Crippen LogP contribution in [-0.2, 0) is 13.5 Å². The van der Waals surface area contributed by atoms with Crippen molar-refractivity contribution >= 4 is 0 Å². The molecule has 0 saturated heterocycles. The lowest BCUT2D eigenvalue weighted by Crippen LogP contribution is -2.30. The van der Waals surface area contributed by atoms with Crippen molar-refractivity contribution in [3.8, 4) is 22.4 Å². The molecule has 0 aliphatic rings. The van der Waals surface area contributed by atoms with Gasteiger partial charge in [0.25, 0.3) is 0 Å². The fourth-order valence-electron chi connectivity index (χ4n) is 2.87. The van der Waals surface area contributed by atoms with E-state index in [0.29, 0.717) is 6.42 Å². The Bertz CT molecular complexity index is 806. The molecule has 2 aromatic carbocycles. The van der Waals surface area contributed by atoms with Gasteiger partial charge in [0.05, 0.1) is 0 Å². The molecule has 1 heterocycles. The van der Waals surface area contributed by atoms with Crippen LogP contribution < -0.4 is 4.57 Å². The number of aryl methyl sites for hydroxylation is 2. The van der Waals surface area contributed by atoms with Crippen LogP contribution in [0.4, 0.5) is 0 Å². The van der Waals surface area contributed by atoms with Crippen molar-refractivity contribution in [2.45, 2.75) is 13.3 Å². The first-order valence-electron chi connectivity index (χ1n) is 7.95. The zero-order valence-corrected chi connectivity index (χ0v) is 13.7. The molecule has 0 aliphatic carbocycles. The van der Waals surface area contributed by atoms with Gasteiger partial charge in [0.2, 0.25) is 5.69 Å². The topological polar surface area (TPSA) is 24.1 Å². The van der Waals surface area contributed by atoms with Crippen molar-refractivity contribution < 1.29 is 9.67 Å². The van der Waals surface area contributed by atoms with Crippen molar-refractivity contribution in [1.82, 2.24) is 0 Å². The summed E-state index contributed by atoms with van der Waals surface area (Å²) in [5, 5.41) is 9.31. The Balaban J connectivity index is 2.10. The van der Waals surface area contributed by atoms with Crippen LogP contribution in [-0.4, -0.2) is 11.7 Å². The number of hydrogen-bond donors (Lipinski definition) is 1. The summed E-state index contributed by atoms with van der Waals surface area (Å²) in [6, 6.07) is 21.3. The van der Waals surface area contributed by atoms with Gasteiger partial charge in [-0.2, -0.15) is 0 Å². The summed E-state index contributed by atoms with van der Waals surface area (Å²) in [7, 11) is 2.06. The van der Waals surface area contributed by atoms with Crippen molar-refractivity contribution in [3.05, 3.63) is 78.0 Å². The SMILES string of the molecule is Cc1ccc(-c2cc[n+](C)c(-c3ccccc3CCO)c2)cc1. The zero-order chi connectivity index (χ0) is 16.2. The van der Waals surface area contributed by atoms with E-state index < -0.39 is 0 Å². The van der Waals surface area contributed by atoms with Gasteiger partial charge in [-0.15, -0.1) is 0 Å². The maximum atomic E-state index is 9.31. The fraction of sp³-hybridized carbons (Fsp3) is 0.190. The minimum absolute atomic E-state index is 0.165. The minimum Gasteiger partial charge on any atom is -0.396 e. The molecule has 0 aliphatic heterocycles. The average Bonchev–Trinajstić information content (AvgIpc) is 2.57. The quantitative estimate of drug-likeness (QED) is 0.730. The van der Waals surface area contributed by atoms with Crippen LogP contribution in [0.2, 0.25) is 0 Å². The Morgan fingerprint density at radius 1 is 0.913 bits per heavy atom. The van der Waals surface area contributed by atoms with E-state index in [1.165, 1.54) is 27.8 Å². The van der Waals surface area contributed by atoms with Crippen LogP contribution in [0.3, 0.4) is 0 Å². The highest BCUT2D eigenvalue weighted by molar-refractivity contribution is 5.70. The molecule has 3 aromatic rings. The van der Waals surface area contributed by atoms with Gasteiger partial charge in [-0.05, 0) is 36.1 Å². The number of hydrogen-bond acceptors (Lipinski definition) is 1. The third-order valence-electron chi connectivity index (χ3n) is 4.21. The van der Waals surface area contributed by atoms with Gasteiger partial charge in [0, 0.05) is 24.3 Å². The predicted molar refractivity (Wildman–Crippen MR) is 94.0 cm³/mol. The Morgan fingerprint density at radius 3 is 2.39 bits per heavy atom. The number of rotatable bonds is 4. The van der Waals surface area contributed by atoms with Crippen molar-refractivity contribution in [2.24, 2.45) is 7.05 Å². The molecule has 3 rings (SSSR count). The van der Waals surface area contributed by atoms with E-state index in [-0.39, 0.29) is 6.61 Å². The minimum atomic E-state index is 0.165. The second-order valence-electron chi connectivity index (χ2n) is 5.91. The van der Waals surface area contributed by atoms with Crippen LogP contribution in [0.1, 0.15) is 11.1 Å². The molecule has 116 valence electrons. The van der Waals surface area contributed by atoms with E-state index >= 15 is 0 Å². The Kier molecular flexibility index (Phi) is 4.54. The van der Waals surface area contributed by atoms with Crippen molar-refractivity contribution in [2.75, 3.05) is 6.61 Å². The summed E-state index contributed by atoms with van der Waals surface area (Å²) in [6.07, 6.45) is 2.77. The van der Waals surface area contributed by atoms with Gasteiger partial charge in [-0.1, -0.05) is 48.0 Å². The predicted octanol–water partition coefficient (Wildman–Crippen LogP) is 3.69. The molecule has 0 saturated carbocycles. The van der Waals surface area contributed by atoms with E-state index in [1.807, 2.05) is 6.07 Å². The third-order valence-corrected chi connectivity index (χ3v) is 4.21. The summed E-state index contributed by atoms with van der Waals surface area (Å²) >= 11 is 0. The lowest BCUT2D eigenvalue weighted by molar-refractivity contribution is -0.660. The van der Waals surface area contributed by atoms with Gasteiger partial charge in [0.15, 0.2) is 6.20 Å². The van der Waals surface area contributed by atoms with Gasteiger partial charge < -0.3 is 5.11 Å². The lowest BCUT2D eigenvalue weighted by Gasteiger charge is -2.09. The average molecular weight is 304 g/mol. The van der Waals surface area contributed by atoms with Gasteiger partial charge in [-0.25, -0.2) is 4.57 Å². The highest BCUT2D eigenvalue weighted by Crippen LogP contribution is 2.26. The van der Waals surface area contributed by atoms with Crippen LogP contribution in [0.25, 0.3) is 22.4 Å². The monoisotopic (exact) mass is 304 g/mol. The summed E-state index contributed by atoms with van der Waals surface area (Å²) < 4.78 is 2.13. The molecular formula is C21H22NO+. The zero-order valence-electron chi connectivity index (χ0n) is 13.7. The fourth-order valence-corrected chi connectivity index (χ4v) is 2.87. The Labute approximate surface area is 137 Å². The van der Waals surface area contributed by atoms with Crippen molar-refractivity contribution in [1.29, 1.82) is 0 Å². The maximum absolute atomic E-state index is 9.31. The molecule has 23 heavy (non-hydrogen) atoms. The number of aromatic nitrogens is 1. The first-order valence-corrected chi connectivity index (χ1v) is 7.95. The molecule has 0 atom stereocenters. The summed E-state index contributed by atoms with van der Waals surface area (Å²) in [5.74, 6) is 0. The number of aliphatic hydroxyl groups is 1. The molecule has 0 fully saturated rings. The number of pyridine rings is 1. The molecule has 0 bridgehead atoms. The normalized spacial score (nSPS) is 10.7. The summed E-state index contributed by atoms with van der Waals surface area (Å²) in [5.41, 5.74) is 7.20. The standard InChI is InChI=1S/C21H22NO/c1-16-7-9-17(10-8-16)19-11-13-22(2)21(15-19)20-6-4-3-5-18(20)12-14-23/h3-11,13,15,23H,12,14H2,1-2H3/q+1. The Morgan fingerprint density at radius 2 is 1.65 bits per heavy atom. The number of aliphatic hydroxyl groups excluding tert-OH is 1. The smallest absolute Gasteiger partial charge is 0.213 e. The largest absolute Gasteiger partial charge is 0.396 e. The van der Waals surface area contributed by atoms with E-state index in [2.05, 4.69) is 79.3 Å². The molecular weight excluding hydrogens is 282 g/mol. The second-order valence-corrected chi connectivity index (χ2v) is 5.91. The molecule has 0 spiro atoms. The second kappa shape index (κ2) is 6.76. The number of nitrogens with zero attached hydrogens (tertiary/aromatic N) is 1. The Hall–Kier alpha value is -2.45. The van der Waals surface area contributed by atoms with Crippen LogP contribution >= 0.6 is 0 Å². The van der Waals surface area contributed by atoms with Crippen LogP contribution in [0, 0.1) is 6.92 Å². The van der Waals surface area contributed by atoms with Crippen molar-refractivity contribution in [3.63, 3.8) is 0 Å². The highest BCUT2D eigenvalue weighted by Gasteiger charge is 2.15. The van der Waals surface area contributed by atoms with Crippen LogP contribution in [0.5, 0.6) is 0 Å². The molecule has 1 N–H and O–H groups in total. The maximum Gasteiger partial charge on any atom is 0.213 e. The van der Waals surface area contributed by atoms with E-state index in [0.717, 1.165) is 5.69 Å². The van der Waals surface area contributed by atoms with E-state index in [9.17, 15) is 5.11 Å². The molecule has 0 radical (unpaired) electrons. The third kappa shape index (κ3) is 3.33. The van der Waals surface area contributed by atoms with Gasteiger partial charge in [-0.3, -0.25) is 0 Å². The molecule has 2 nitrogen and oxygen atoms in total. The van der Waals surface area contributed by atoms with Gasteiger partial charge >= 0.3 is 0 Å². The van der Waals surface area contributed by atoms with E-state index in [4.69, 9.17) is 0 Å².